The lowest BCUT2D eigenvalue weighted by molar-refractivity contribution is -0.116. The second kappa shape index (κ2) is 5.89. The summed E-state index contributed by atoms with van der Waals surface area (Å²) in [5.41, 5.74) is 0.184. The molecular formula is C15H22N2O4S. The summed E-state index contributed by atoms with van der Waals surface area (Å²) in [5, 5.41) is 2.79. The van der Waals surface area contributed by atoms with Crippen LogP contribution < -0.4 is 5.32 Å². The summed E-state index contributed by atoms with van der Waals surface area (Å²) >= 11 is 0. The number of sulfone groups is 1. The van der Waals surface area contributed by atoms with Gasteiger partial charge in [-0.05, 0) is 45.0 Å². The fourth-order valence-corrected chi connectivity index (χ4v) is 3.23. The summed E-state index contributed by atoms with van der Waals surface area (Å²) in [5.74, 6) is 0. The number of ether oxygens (including phenoxy) is 1. The maximum atomic E-state index is 12.3. The summed E-state index contributed by atoms with van der Waals surface area (Å²) < 4.78 is 28.6. The van der Waals surface area contributed by atoms with Crippen LogP contribution in [0.15, 0.2) is 29.2 Å². The minimum Gasteiger partial charge on any atom is -0.369 e. The van der Waals surface area contributed by atoms with E-state index in [1.54, 1.807) is 17.0 Å². The number of amides is 2. The summed E-state index contributed by atoms with van der Waals surface area (Å²) in [6.45, 7) is 6.86. The Bertz CT molecular complexity index is 653. The van der Waals surface area contributed by atoms with Gasteiger partial charge in [-0.15, -0.1) is 0 Å². The topological polar surface area (TPSA) is 75.7 Å². The number of urea groups is 1. The Labute approximate surface area is 131 Å². The largest absolute Gasteiger partial charge is 0.369 e. The van der Waals surface area contributed by atoms with Crippen LogP contribution in [0.5, 0.6) is 0 Å². The van der Waals surface area contributed by atoms with Gasteiger partial charge in [-0.25, -0.2) is 13.2 Å². The molecule has 2 rings (SSSR count). The number of benzene rings is 1. The minimum atomic E-state index is -3.23. The Morgan fingerprint density at radius 2 is 1.91 bits per heavy atom. The average Bonchev–Trinajstić information content (AvgIpc) is 2.35. The number of nitrogens with one attached hydrogen (secondary N) is 1. The number of hydrogen-bond acceptors (Lipinski definition) is 4. The number of nitrogens with zero attached hydrogens (tertiary/aromatic N) is 1. The van der Waals surface area contributed by atoms with Gasteiger partial charge < -0.3 is 15.0 Å². The summed E-state index contributed by atoms with van der Waals surface area (Å²) in [7, 11) is -3.23. The van der Waals surface area contributed by atoms with Crippen LogP contribution in [-0.4, -0.2) is 50.4 Å². The van der Waals surface area contributed by atoms with Crippen LogP contribution in [-0.2, 0) is 14.6 Å². The zero-order valence-corrected chi connectivity index (χ0v) is 14.1. The Morgan fingerprint density at radius 1 is 1.32 bits per heavy atom. The molecule has 1 heterocycles. The quantitative estimate of drug-likeness (QED) is 0.903. The first-order valence-electron chi connectivity index (χ1n) is 7.11. The van der Waals surface area contributed by atoms with E-state index in [0.717, 1.165) is 6.26 Å². The van der Waals surface area contributed by atoms with Crippen molar-refractivity contribution in [3.8, 4) is 0 Å². The second-order valence-corrected chi connectivity index (χ2v) is 8.31. The Hall–Kier alpha value is -1.60. The first kappa shape index (κ1) is 16.8. The van der Waals surface area contributed by atoms with Gasteiger partial charge in [-0.2, -0.15) is 0 Å². The molecule has 1 unspecified atom stereocenters. The third-order valence-corrected chi connectivity index (χ3v) is 4.52. The molecule has 1 atom stereocenters. The molecule has 0 aromatic heterocycles. The molecule has 0 bridgehead atoms. The monoisotopic (exact) mass is 326 g/mol. The van der Waals surface area contributed by atoms with E-state index >= 15 is 0 Å². The number of rotatable bonds is 2. The van der Waals surface area contributed by atoms with Gasteiger partial charge in [-0.3, -0.25) is 0 Å². The van der Waals surface area contributed by atoms with E-state index in [1.165, 1.54) is 12.1 Å². The minimum absolute atomic E-state index is 0.0258. The number of morpholine rings is 1. The highest BCUT2D eigenvalue weighted by molar-refractivity contribution is 7.90. The van der Waals surface area contributed by atoms with Gasteiger partial charge >= 0.3 is 6.03 Å². The number of hydrogen-bond donors (Lipinski definition) is 1. The maximum Gasteiger partial charge on any atom is 0.322 e. The van der Waals surface area contributed by atoms with Gasteiger partial charge in [0.25, 0.3) is 0 Å². The third-order valence-electron chi connectivity index (χ3n) is 3.39. The number of carbonyl (C=O) groups is 1. The van der Waals surface area contributed by atoms with Crippen molar-refractivity contribution in [2.75, 3.05) is 24.7 Å². The standard InChI is InChI=1S/C15H22N2O4S/c1-11-9-17(10-15(2,3)21-11)14(18)16-12-5-7-13(8-6-12)22(4,19)20/h5-8,11H,9-10H2,1-4H3,(H,16,18). The van der Waals surface area contributed by atoms with Crippen molar-refractivity contribution in [3.63, 3.8) is 0 Å². The van der Waals surface area contributed by atoms with Gasteiger partial charge in [0, 0.05) is 18.5 Å². The van der Waals surface area contributed by atoms with E-state index < -0.39 is 9.84 Å². The van der Waals surface area contributed by atoms with Crippen molar-refractivity contribution in [1.29, 1.82) is 0 Å². The normalized spacial score (nSPS) is 21.5. The lowest BCUT2D eigenvalue weighted by Crippen LogP contribution is -2.54. The molecule has 0 aliphatic carbocycles. The van der Waals surface area contributed by atoms with Crippen molar-refractivity contribution in [2.45, 2.75) is 37.4 Å². The summed E-state index contributed by atoms with van der Waals surface area (Å²) in [6, 6.07) is 5.93. The van der Waals surface area contributed by atoms with Crippen molar-refractivity contribution >= 4 is 21.6 Å². The van der Waals surface area contributed by atoms with Crippen molar-refractivity contribution in [3.05, 3.63) is 24.3 Å². The first-order chi connectivity index (χ1) is 10.1. The van der Waals surface area contributed by atoms with E-state index in [-0.39, 0.29) is 22.6 Å². The molecule has 1 fully saturated rings. The molecule has 1 aromatic carbocycles. The van der Waals surface area contributed by atoms with Crippen LogP contribution in [0.2, 0.25) is 0 Å². The van der Waals surface area contributed by atoms with Gasteiger partial charge in [0.15, 0.2) is 9.84 Å². The molecule has 22 heavy (non-hydrogen) atoms. The van der Waals surface area contributed by atoms with Gasteiger partial charge in [0.1, 0.15) is 0 Å². The average molecular weight is 326 g/mol. The van der Waals surface area contributed by atoms with Crippen LogP contribution in [0.4, 0.5) is 10.5 Å². The van der Waals surface area contributed by atoms with E-state index in [9.17, 15) is 13.2 Å². The third kappa shape index (κ3) is 4.20. The van der Waals surface area contributed by atoms with Crippen LogP contribution in [0, 0.1) is 0 Å². The zero-order chi connectivity index (χ0) is 16.5. The van der Waals surface area contributed by atoms with Crippen molar-refractivity contribution in [1.82, 2.24) is 4.90 Å². The molecule has 122 valence electrons. The smallest absolute Gasteiger partial charge is 0.322 e. The molecule has 0 spiro atoms. The molecule has 1 aliphatic heterocycles. The van der Waals surface area contributed by atoms with E-state index in [1.807, 2.05) is 20.8 Å². The lowest BCUT2D eigenvalue weighted by Gasteiger charge is -2.41. The lowest BCUT2D eigenvalue weighted by atomic mass is 10.1. The van der Waals surface area contributed by atoms with E-state index in [0.29, 0.717) is 18.8 Å². The van der Waals surface area contributed by atoms with Gasteiger partial charge in [-0.1, -0.05) is 0 Å². The predicted molar refractivity (Wildman–Crippen MR) is 84.8 cm³/mol. The fourth-order valence-electron chi connectivity index (χ4n) is 2.60. The molecular weight excluding hydrogens is 304 g/mol. The molecule has 1 saturated heterocycles. The molecule has 0 saturated carbocycles. The van der Waals surface area contributed by atoms with Gasteiger partial charge in [0.2, 0.25) is 0 Å². The van der Waals surface area contributed by atoms with Crippen LogP contribution in [0.3, 0.4) is 0 Å². The van der Waals surface area contributed by atoms with Crippen molar-refractivity contribution < 1.29 is 17.9 Å². The maximum absolute atomic E-state index is 12.3. The highest BCUT2D eigenvalue weighted by Gasteiger charge is 2.33. The Kier molecular flexibility index (Phi) is 4.49. The second-order valence-electron chi connectivity index (χ2n) is 6.30. The number of anilines is 1. The molecule has 0 radical (unpaired) electrons. The SMILES string of the molecule is CC1CN(C(=O)Nc2ccc(S(C)(=O)=O)cc2)CC(C)(C)O1. The van der Waals surface area contributed by atoms with Crippen molar-refractivity contribution in [2.24, 2.45) is 0 Å². The van der Waals surface area contributed by atoms with E-state index in [2.05, 4.69) is 5.32 Å². The fraction of sp³-hybridized carbons (Fsp3) is 0.533. The zero-order valence-electron chi connectivity index (χ0n) is 13.3. The van der Waals surface area contributed by atoms with Crippen LogP contribution in [0.1, 0.15) is 20.8 Å². The van der Waals surface area contributed by atoms with E-state index in [4.69, 9.17) is 4.74 Å². The summed E-state index contributed by atoms with van der Waals surface area (Å²) in [6.07, 6.45) is 1.12. The first-order valence-corrected chi connectivity index (χ1v) is 9.00. The Morgan fingerprint density at radius 3 is 2.41 bits per heavy atom. The Balaban J connectivity index is 2.06. The molecule has 6 nitrogen and oxygen atoms in total. The molecule has 1 aliphatic rings. The molecule has 1 aromatic rings. The molecule has 7 heteroatoms. The molecule has 2 amide bonds. The van der Waals surface area contributed by atoms with Crippen LogP contribution >= 0.6 is 0 Å². The van der Waals surface area contributed by atoms with Crippen LogP contribution in [0.25, 0.3) is 0 Å². The highest BCUT2D eigenvalue weighted by atomic mass is 32.2. The number of carbonyl (C=O) groups excluding carboxylic acids is 1. The van der Waals surface area contributed by atoms with Gasteiger partial charge in [0.05, 0.1) is 23.1 Å². The predicted octanol–water partition coefficient (Wildman–Crippen LogP) is 2.12. The summed E-state index contributed by atoms with van der Waals surface area (Å²) in [4.78, 5) is 14.3. The highest BCUT2D eigenvalue weighted by Crippen LogP contribution is 2.22. The molecule has 1 N–H and O–H groups in total.